The third-order valence-corrected chi connectivity index (χ3v) is 8.73. The number of nitrogens with zero attached hydrogens (tertiary/aromatic N) is 5. The molecule has 1 aromatic heterocycles. The van der Waals surface area contributed by atoms with Crippen LogP contribution in [0.2, 0.25) is 5.02 Å². The summed E-state index contributed by atoms with van der Waals surface area (Å²) in [6, 6.07) is 3.95. The Kier molecular flexibility index (Phi) is 6.63. The van der Waals surface area contributed by atoms with Gasteiger partial charge < -0.3 is 24.5 Å². The summed E-state index contributed by atoms with van der Waals surface area (Å²) in [5.41, 5.74) is 0.126. The van der Waals surface area contributed by atoms with Crippen LogP contribution >= 0.6 is 11.6 Å². The molecule has 2 aromatic rings. The number of hydrogen-bond donors (Lipinski definition) is 1. The normalized spacial score (nSPS) is 24.9. The molecule has 1 N–H and O–H groups in total. The number of fused-ring (bicyclic) bond motifs is 3. The molecule has 0 bridgehead atoms. The molecule has 6 rings (SSSR count). The highest BCUT2D eigenvalue weighted by atomic mass is 35.5. The molecule has 3 saturated heterocycles. The number of piperazine rings is 2. The van der Waals surface area contributed by atoms with E-state index in [-0.39, 0.29) is 57.8 Å². The molecule has 9 nitrogen and oxygen atoms in total. The summed E-state index contributed by atoms with van der Waals surface area (Å²) >= 11 is 6.84. The third kappa shape index (κ3) is 4.30. The van der Waals surface area contributed by atoms with Gasteiger partial charge in [-0.05, 0) is 44.5 Å². The molecule has 1 aromatic carbocycles. The van der Waals surface area contributed by atoms with E-state index in [1.165, 1.54) is 24.3 Å². The maximum Gasteiger partial charge on any atom is 0.261 e. The number of pyridine rings is 1. The van der Waals surface area contributed by atoms with Crippen LogP contribution in [0.1, 0.15) is 30.1 Å². The van der Waals surface area contributed by atoms with Crippen LogP contribution in [0.3, 0.4) is 0 Å². The molecule has 0 radical (unpaired) electrons. The predicted octanol–water partition coefficient (Wildman–Crippen LogP) is 3.15. The SMILES string of the molecule is C=CC(=O)N1CCN2C(=O)c3c(N4CC5CCCN5C[C@@H]4C)nc(-c4c(O)cccc4F)c(Cl)c3OC[C@H]2C1. The van der Waals surface area contributed by atoms with E-state index in [9.17, 15) is 14.7 Å². The fourth-order valence-electron chi connectivity index (χ4n) is 6.38. The Labute approximate surface area is 231 Å². The molecule has 1 unspecified atom stereocenters. The molecule has 0 spiro atoms. The standard InChI is InChI=1S/C28H31ClFN5O4/c1-3-21(37)33-10-11-34-18(13-33)15-39-26-23(28(34)38)27(35-14-17-6-5-9-32(17)12-16(35)2)31-25(24(26)29)22-19(30)7-4-8-20(22)36/h3-4,7-8,16-18,36H,1,5-6,9-15H2,2H3/t16-,17?,18+/m0/s1. The van der Waals surface area contributed by atoms with Gasteiger partial charge in [0.15, 0.2) is 5.75 Å². The molecule has 0 aliphatic carbocycles. The first-order valence-corrected chi connectivity index (χ1v) is 13.7. The van der Waals surface area contributed by atoms with Gasteiger partial charge in [0, 0.05) is 44.8 Å². The molecule has 3 fully saturated rings. The minimum absolute atomic E-state index is 0.0214. The lowest BCUT2D eigenvalue weighted by Crippen LogP contribution is -2.58. The van der Waals surface area contributed by atoms with Gasteiger partial charge in [0.1, 0.15) is 40.3 Å². The highest BCUT2D eigenvalue weighted by Gasteiger charge is 2.43. The van der Waals surface area contributed by atoms with Crippen LogP contribution in [0.25, 0.3) is 11.3 Å². The number of halogens is 2. The van der Waals surface area contributed by atoms with Crippen molar-refractivity contribution in [2.75, 3.05) is 50.8 Å². The van der Waals surface area contributed by atoms with E-state index < -0.39 is 11.9 Å². The van der Waals surface area contributed by atoms with Gasteiger partial charge in [-0.15, -0.1) is 0 Å². The molecule has 4 aliphatic heterocycles. The quantitative estimate of drug-likeness (QED) is 0.582. The number of ether oxygens (including phenoxy) is 1. The third-order valence-electron chi connectivity index (χ3n) is 8.38. The van der Waals surface area contributed by atoms with Crippen molar-refractivity contribution in [3.8, 4) is 22.8 Å². The summed E-state index contributed by atoms with van der Waals surface area (Å²) in [6.07, 6.45) is 3.43. The number of phenolic OH excluding ortho intramolecular Hbond substituents is 1. The van der Waals surface area contributed by atoms with Crippen molar-refractivity contribution in [1.29, 1.82) is 0 Å². The van der Waals surface area contributed by atoms with Gasteiger partial charge in [-0.3, -0.25) is 14.5 Å². The highest BCUT2D eigenvalue weighted by molar-refractivity contribution is 6.35. The van der Waals surface area contributed by atoms with Gasteiger partial charge in [0.25, 0.3) is 5.91 Å². The van der Waals surface area contributed by atoms with E-state index >= 15 is 4.39 Å². The Hall–Kier alpha value is -3.37. The van der Waals surface area contributed by atoms with E-state index in [4.69, 9.17) is 21.3 Å². The van der Waals surface area contributed by atoms with Crippen LogP contribution < -0.4 is 9.64 Å². The van der Waals surface area contributed by atoms with E-state index in [2.05, 4.69) is 23.3 Å². The van der Waals surface area contributed by atoms with E-state index in [1.807, 2.05) is 0 Å². The number of benzene rings is 1. The average Bonchev–Trinajstić information content (AvgIpc) is 3.32. The number of hydrogen-bond acceptors (Lipinski definition) is 7. The van der Waals surface area contributed by atoms with Gasteiger partial charge in [-0.1, -0.05) is 24.2 Å². The second-order valence-corrected chi connectivity index (χ2v) is 11.1. The Morgan fingerprint density at radius 1 is 1.18 bits per heavy atom. The molecule has 0 saturated carbocycles. The number of aromatic hydroxyl groups is 1. The number of anilines is 1. The molecule has 11 heteroatoms. The minimum atomic E-state index is -0.681. The summed E-state index contributed by atoms with van der Waals surface area (Å²) in [5, 5.41) is 10.6. The first-order valence-electron chi connectivity index (χ1n) is 13.4. The summed E-state index contributed by atoms with van der Waals surface area (Å²) in [7, 11) is 0. The summed E-state index contributed by atoms with van der Waals surface area (Å²) < 4.78 is 21.3. The molecule has 39 heavy (non-hydrogen) atoms. The van der Waals surface area contributed by atoms with Crippen molar-refractivity contribution in [2.24, 2.45) is 0 Å². The van der Waals surface area contributed by atoms with Gasteiger partial charge in [-0.25, -0.2) is 9.37 Å². The molecule has 4 aliphatic rings. The Morgan fingerprint density at radius 3 is 2.77 bits per heavy atom. The Balaban J connectivity index is 1.50. The van der Waals surface area contributed by atoms with Crippen LogP contribution in [-0.4, -0.2) is 101 Å². The number of phenols is 1. The summed E-state index contributed by atoms with van der Waals surface area (Å²) in [4.78, 5) is 39.3. The molecular weight excluding hydrogens is 525 g/mol. The summed E-state index contributed by atoms with van der Waals surface area (Å²) in [5.74, 6) is -0.972. The monoisotopic (exact) mass is 555 g/mol. The Bertz CT molecular complexity index is 1340. The lowest BCUT2D eigenvalue weighted by Gasteiger charge is -2.44. The molecular formula is C28H31ClFN5O4. The van der Waals surface area contributed by atoms with Crippen LogP contribution in [0, 0.1) is 5.82 Å². The predicted molar refractivity (Wildman–Crippen MR) is 145 cm³/mol. The maximum absolute atomic E-state index is 15.1. The number of carbonyl (C=O) groups excluding carboxylic acids is 2. The zero-order valence-electron chi connectivity index (χ0n) is 21.8. The molecule has 206 valence electrons. The van der Waals surface area contributed by atoms with E-state index in [0.717, 1.165) is 25.9 Å². The van der Waals surface area contributed by atoms with E-state index in [0.29, 0.717) is 38.0 Å². The lowest BCUT2D eigenvalue weighted by atomic mass is 10.0. The Morgan fingerprint density at radius 2 is 2.00 bits per heavy atom. The van der Waals surface area contributed by atoms with Crippen molar-refractivity contribution >= 4 is 29.2 Å². The van der Waals surface area contributed by atoms with Gasteiger partial charge in [-0.2, -0.15) is 0 Å². The van der Waals surface area contributed by atoms with Crippen LogP contribution in [0.4, 0.5) is 10.2 Å². The highest BCUT2D eigenvalue weighted by Crippen LogP contribution is 2.46. The molecule has 5 heterocycles. The summed E-state index contributed by atoms with van der Waals surface area (Å²) in [6.45, 7) is 9.25. The van der Waals surface area contributed by atoms with Crippen LogP contribution in [0.5, 0.6) is 11.5 Å². The van der Waals surface area contributed by atoms with E-state index in [1.54, 1.807) is 9.80 Å². The van der Waals surface area contributed by atoms with Crippen LogP contribution in [-0.2, 0) is 4.79 Å². The van der Waals surface area contributed by atoms with Crippen LogP contribution in [0.15, 0.2) is 30.9 Å². The second kappa shape index (κ2) is 9.98. The lowest BCUT2D eigenvalue weighted by molar-refractivity contribution is -0.128. The van der Waals surface area contributed by atoms with Crippen molar-refractivity contribution in [2.45, 2.75) is 37.9 Å². The first-order chi connectivity index (χ1) is 18.8. The largest absolute Gasteiger partial charge is 0.507 e. The zero-order chi connectivity index (χ0) is 27.4. The molecule has 3 atom stereocenters. The van der Waals surface area contributed by atoms with Crippen molar-refractivity contribution in [1.82, 2.24) is 19.7 Å². The maximum atomic E-state index is 15.1. The van der Waals surface area contributed by atoms with Gasteiger partial charge >= 0.3 is 0 Å². The number of carbonyl (C=O) groups is 2. The topological polar surface area (TPSA) is 89.5 Å². The first kappa shape index (κ1) is 25.9. The number of aromatic nitrogens is 1. The van der Waals surface area contributed by atoms with Gasteiger partial charge in [0.05, 0.1) is 11.6 Å². The fourth-order valence-corrected chi connectivity index (χ4v) is 6.66. The van der Waals surface area contributed by atoms with Crippen molar-refractivity contribution in [3.63, 3.8) is 0 Å². The number of rotatable bonds is 3. The number of amides is 2. The van der Waals surface area contributed by atoms with Gasteiger partial charge in [0.2, 0.25) is 5.91 Å². The molecule has 2 amide bonds. The van der Waals surface area contributed by atoms with Crippen molar-refractivity contribution < 1.29 is 23.8 Å². The second-order valence-electron chi connectivity index (χ2n) is 10.7. The zero-order valence-corrected chi connectivity index (χ0v) is 22.5. The van der Waals surface area contributed by atoms with Crippen molar-refractivity contribution in [3.05, 3.63) is 47.3 Å². The fraction of sp³-hybridized carbons (Fsp3) is 0.464. The minimum Gasteiger partial charge on any atom is -0.507 e. The average molecular weight is 556 g/mol. The smallest absolute Gasteiger partial charge is 0.261 e.